The SMILES string of the molecule is C[C@]12CC[C@H]3[C@@H](CCC4=C(c5cccnc5)C(=O)C(c5ccccc5)C[C@@H]43)[C@@H]1CC[C@@]2(O)/C=C\CO. The van der Waals surface area contributed by atoms with E-state index in [2.05, 4.69) is 24.0 Å². The molecule has 1 heterocycles. The molecule has 4 heteroatoms. The lowest BCUT2D eigenvalue weighted by Crippen LogP contribution is -2.52. The Hall–Kier alpha value is -2.56. The molecular formula is C32H37NO3. The normalized spacial score (nSPS) is 38.1. The summed E-state index contributed by atoms with van der Waals surface area (Å²) in [6.07, 6.45) is 14.0. The number of carbonyl (C=O) groups is 1. The first-order valence-corrected chi connectivity index (χ1v) is 13.7. The van der Waals surface area contributed by atoms with E-state index in [-0.39, 0.29) is 23.7 Å². The number of ketones is 1. The number of aliphatic hydroxyl groups is 2. The Kier molecular flexibility index (Phi) is 6.00. The van der Waals surface area contributed by atoms with Gasteiger partial charge in [-0.15, -0.1) is 0 Å². The average molecular weight is 484 g/mol. The molecule has 4 aliphatic rings. The molecule has 7 atom stereocenters. The molecule has 188 valence electrons. The highest BCUT2D eigenvalue weighted by atomic mass is 16.3. The Labute approximate surface area is 214 Å². The predicted molar refractivity (Wildman–Crippen MR) is 141 cm³/mol. The number of nitrogens with zero attached hydrogens (tertiary/aromatic N) is 1. The Morgan fingerprint density at radius 3 is 2.64 bits per heavy atom. The van der Waals surface area contributed by atoms with Gasteiger partial charge in [0.1, 0.15) is 0 Å². The summed E-state index contributed by atoms with van der Waals surface area (Å²) in [7, 11) is 0. The van der Waals surface area contributed by atoms with Crippen LogP contribution in [-0.2, 0) is 4.79 Å². The van der Waals surface area contributed by atoms with Crippen molar-refractivity contribution in [3.8, 4) is 0 Å². The van der Waals surface area contributed by atoms with Crippen LogP contribution in [0.15, 0.2) is 72.6 Å². The number of aliphatic hydroxyl groups excluding tert-OH is 1. The molecule has 2 aromatic rings. The molecule has 0 aliphatic heterocycles. The van der Waals surface area contributed by atoms with E-state index in [4.69, 9.17) is 0 Å². The van der Waals surface area contributed by atoms with Crippen LogP contribution in [0, 0.1) is 29.1 Å². The lowest BCUT2D eigenvalue weighted by molar-refractivity contribution is -0.117. The number of aromatic nitrogens is 1. The number of hydrogen-bond acceptors (Lipinski definition) is 4. The summed E-state index contributed by atoms with van der Waals surface area (Å²) in [6.45, 7) is 2.25. The molecule has 1 unspecified atom stereocenters. The minimum atomic E-state index is -0.836. The first-order chi connectivity index (χ1) is 17.5. The summed E-state index contributed by atoms with van der Waals surface area (Å²) in [5, 5.41) is 21.0. The Bertz CT molecular complexity index is 1190. The van der Waals surface area contributed by atoms with E-state index in [9.17, 15) is 15.0 Å². The molecule has 2 N–H and O–H groups in total. The maximum Gasteiger partial charge on any atom is 0.170 e. The fraction of sp³-hybridized carbons (Fsp3) is 0.500. The van der Waals surface area contributed by atoms with Crippen LogP contribution < -0.4 is 0 Å². The highest BCUT2D eigenvalue weighted by Crippen LogP contribution is 2.66. The third-order valence-electron chi connectivity index (χ3n) is 10.4. The van der Waals surface area contributed by atoms with Gasteiger partial charge in [-0.25, -0.2) is 0 Å². The molecule has 36 heavy (non-hydrogen) atoms. The molecule has 1 aromatic carbocycles. The number of benzene rings is 1. The number of hydrogen-bond donors (Lipinski definition) is 2. The van der Waals surface area contributed by atoms with E-state index in [1.807, 2.05) is 42.6 Å². The summed E-state index contributed by atoms with van der Waals surface area (Å²) >= 11 is 0. The van der Waals surface area contributed by atoms with Gasteiger partial charge in [0.05, 0.1) is 12.2 Å². The highest BCUT2D eigenvalue weighted by Gasteiger charge is 2.62. The first-order valence-electron chi connectivity index (χ1n) is 13.7. The minimum Gasteiger partial charge on any atom is -0.392 e. The Balaban J connectivity index is 1.40. The summed E-state index contributed by atoms with van der Waals surface area (Å²) in [6, 6.07) is 14.3. The second-order valence-corrected chi connectivity index (χ2v) is 11.8. The van der Waals surface area contributed by atoms with Crippen LogP contribution in [0.4, 0.5) is 0 Å². The maximum absolute atomic E-state index is 14.0. The van der Waals surface area contributed by atoms with Crippen LogP contribution in [0.3, 0.4) is 0 Å². The largest absolute Gasteiger partial charge is 0.392 e. The van der Waals surface area contributed by atoms with Crippen molar-refractivity contribution in [2.45, 2.75) is 63.4 Å². The molecule has 0 bridgehead atoms. The molecule has 4 aliphatic carbocycles. The van der Waals surface area contributed by atoms with Crippen molar-refractivity contribution in [1.82, 2.24) is 4.98 Å². The van der Waals surface area contributed by atoms with Gasteiger partial charge in [0.15, 0.2) is 5.78 Å². The van der Waals surface area contributed by atoms with Crippen LogP contribution in [0.1, 0.15) is 68.9 Å². The van der Waals surface area contributed by atoms with Crippen LogP contribution in [-0.4, -0.2) is 33.2 Å². The minimum absolute atomic E-state index is 0.0304. The van der Waals surface area contributed by atoms with Crippen LogP contribution in [0.25, 0.3) is 5.57 Å². The Morgan fingerprint density at radius 1 is 1.06 bits per heavy atom. The average Bonchev–Trinajstić information content (AvgIpc) is 3.18. The molecule has 6 rings (SSSR count). The van der Waals surface area contributed by atoms with E-state index >= 15 is 0 Å². The van der Waals surface area contributed by atoms with E-state index in [1.54, 1.807) is 12.3 Å². The van der Waals surface area contributed by atoms with Crippen LogP contribution in [0.2, 0.25) is 0 Å². The molecule has 0 radical (unpaired) electrons. The quantitative estimate of drug-likeness (QED) is 0.546. The van der Waals surface area contributed by atoms with Crippen molar-refractivity contribution in [2.24, 2.45) is 29.1 Å². The molecule has 4 nitrogen and oxygen atoms in total. The lowest BCUT2D eigenvalue weighted by Gasteiger charge is -2.56. The number of pyridine rings is 1. The van der Waals surface area contributed by atoms with Gasteiger partial charge in [-0.05, 0) is 80.2 Å². The Morgan fingerprint density at radius 2 is 1.89 bits per heavy atom. The van der Waals surface area contributed by atoms with Gasteiger partial charge in [-0.3, -0.25) is 9.78 Å². The molecule has 0 spiro atoms. The zero-order chi connectivity index (χ0) is 24.9. The summed E-state index contributed by atoms with van der Waals surface area (Å²) < 4.78 is 0. The standard InChI is InChI=1S/C32H37NO3/c1-31-15-12-23-24(28(31)13-16-32(31,36)14-6-18-34)10-11-25-27(23)19-26(21-7-3-2-4-8-21)30(35)29(25)22-9-5-17-33-20-22/h2-9,14,17,20,23-24,26-28,34,36H,10-13,15-16,18-19H2,1H3/b14-6-/t23-,24+,26?,27+,28-,31-,32-/m0/s1. The van der Waals surface area contributed by atoms with E-state index in [0.29, 0.717) is 23.7 Å². The number of fused-ring (bicyclic) bond motifs is 5. The number of allylic oxidation sites excluding steroid dienone is 1. The van der Waals surface area contributed by atoms with Gasteiger partial charge in [0, 0.05) is 34.9 Å². The maximum atomic E-state index is 14.0. The van der Waals surface area contributed by atoms with Crippen molar-refractivity contribution in [3.63, 3.8) is 0 Å². The fourth-order valence-electron chi connectivity index (χ4n) is 8.70. The van der Waals surface area contributed by atoms with E-state index in [0.717, 1.165) is 61.6 Å². The zero-order valence-corrected chi connectivity index (χ0v) is 21.1. The van der Waals surface area contributed by atoms with Crippen molar-refractivity contribution in [1.29, 1.82) is 0 Å². The second-order valence-electron chi connectivity index (χ2n) is 11.8. The highest BCUT2D eigenvalue weighted by molar-refractivity contribution is 6.25. The smallest absolute Gasteiger partial charge is 0.170 e. The molecule has 3 saturated carbocycles. The molecule has 0 amide bonds. The fourth-order valence-corrected chi connectivity index (χ4v) is 8.70. The van der Waals surface area contributed by atoms with E-state index in [1.165, 1.54) is 5.57 Å². The van der Waals surface area contributed by atoms with Gasteiger partial charge in [-0.1, -0.05) is 61.0 Å². The molecule has 0 saturated heterocycles. The lowest BCUT2D eigenvalue weighted by atomic mass is 9.49. The van der Waals surface area contributed by atoms with Gasteiger partial charge >= 0.3 is 0 Å². The topological polar surface area (TPSA) is 70.4 Å². The molecule has 3 fully saturated rings. The molecular weight excluding hydrogens is 446 g/mol. The predicted octanol–water partition coefficient (Wildman–Crippen LogP) is 5.72. The molecule has 1 aromatic heterocycles. The summed E-state index contributed by atoms with van der Waals surface area (Å²) in [5.41, 5.74) is 3.38. The van der Waals surface area contributed by atoms with Gasteiger partial charge in [0.25, 0.3) is 0 Å². The van der Waals surface area contributed by atoms with Gasteiger partial charge in [0.2, 0.25) is 0 Å². The third kappa shape index (κ3) is 3.56. The van der Waals surface area contributed by atoms with Gasteiger partial charge < -0.3 is 10.2 Å². The number of carbonyl (C=O) groups excluding carboxylic acids is 1. The zero-order valence-electron chi connectivity index (χ0n) is 21.1. The van der Waals surface area contributed by atoms with Crippen molar-refractivity contribution >= 4 is 11.4 Å². The van der Waals surface area contributed by atoms with Crippen molar-refractivity contribution in [3.05, 3.63) is 83.7 Å². The van der Waals surface area contributed by atoms with Crippen molar-refractivity contribution in [2.75, 3.05) is 6.61 Å². The van der Waals surface area contributed by atoms with Crippen molar-refractivity contribution < 1.29 is 15.0 Å². The number of rotatable bonds is 4. The third-order valence-corrected chi connectivity index (χ3v) is 10.4. The van der Waals surface area contributed by atoms with Crippen LogP contribution in [0.5, 0.6) is 0 Å². The van der Waals surface area contributed by atoms with Crippen LogP contribution >= 0.6 is 0 Å². The summed E-state index contributed by atoms with van der Waals surface area (Å²) in [5.74, 6) is 2.11. The summed E-state index contributed by atoms with van der Waals surface area (Å²) in [4.78, 5) is 18.4. The van der Waals surface area contributed by atoms with E-state index < -0.39 is 5.60 Å². The second kappa shape index (κ2) is 9.08. The monoisotopic (exact) mass is 483 g/mol. The first kappa shape index (κ1) is 23.8. The number of Topliss-reactive ketones (excluding diaryl/α,β-unsaturated/α-hetero) is 1. The van der Waals surface area contributed by atoms with Gasteiger partial charge in [-0.2, -0.15) is 0 Å².